The molecule has 1 rings (SSSR count). The molecule has 1 atom stereocenters. The van der Waals surface area contributed by atoms with Crippen LogP contribution in [0.1, 0.15) is 11.1 Å². The number of nitrogens with two attached hydrogens (primary N) is 2. The minimum absolute atomic E-state index is 0.404. The molecule has 0 aliphatic heterocycles. The van der Waals surface area contributed by atoms with E-state index in [9.17, 15) is 4.79 Å². The highest BCUT2D eigenvalue weighted by molar-refractivity contribution is 5.79. The van der Waals surface area contributed by atoms with Gasteiger partial charge in [0, 0.05) is 0 Å². The molecule has 0 heterocycles. The number of rotatable bonds is 3. The molecule has 0 saturated carbocycles. The van der Waals surface area contributed by atoms with Crippen molar-refractivity contribution in [3.05, 3.63) is 35.4 Å². The Labute approximate surface area is 82.1 Å². The van der Waals surface area contributed by atoms with Crippen molar-refractivity contribution in [3.63, 3.8) is 0 Å². The Morgan fingerprint density at radius 2 is 2.00 bits per heavy atom. The minimum Gasteiger partial charge on any atom is -0.368 e. The fourth-order valence-corrected chi connectivity index (χ4v) is 1.07. The molecule has 4 heteroatoms. The first kappa shape index (κ1) is 10.2. The number of primary amides is 1. The van der Waals surface area contributed by atoms with E-state index < -0.39 is 11.9 Å². The first-order valence-electron chi connectivity index (χ1n) is 4.17. The van der Waals surface area contributed by atoms with Crippen LogP contribution in [0, 0.1) is 11.3 Å². The summed E-state index contributed by atoms with van der Waals surface area (Å²) in [6.45, 7) is 0. The molecule has 14 heavy (non-hydrogen) atoms. The van der Waals surface area contributed by atoms with E-state index in [4.69, 9.17) is 16.7 Å². The van der Waals surface area contributed by atoms with Gasteiger partial charge in [0.15, 0.2) is 0 Å². The Kier molecular flexibility index (Phi) is 3.21. The van der Waals surface area contributed by atoms with Gasteiger partial charge in [-0.15, -0.1) is 0 Å². The van der Waals surface area contributed by atoms with Crippen LogP contribution in [0.25, 0.3) is 0 Å². The highest BCUT2D eigenvalue weighted by Gasteiger charge is 2.09. The van der Waals surface area contributed by atoms with Crippen molar-refractivity contribution in [2.24, 2.45) is 11.5 Å². The van der Waals surface area contributed by atoms with Gasteiger partial charge in [-0.3, -0.25) is 4.79 Å². The summed E-state index contributed by atoms with van der Waals surface area (Å²) in [7, 11) is 0. The summed E-state index contributed by atoms with van der Waals surface area (Å²) in [5.41, 5.74) is 12.0. The third-order valence-electron chi connectivity index (χ3n) is 1.90. The van der Waals surface area contributed by atoms with E-state index in [1.807, 2.05) is 6.07 Å². The molecule has 4 nitrogen and oxygen atoms in total. The molecule has 0 unspecified atom stereocenters. The maximum absolute atomic E-state index is 10.7. The van der Waals surface area contributed by atoms with Gasteiger partial charge in [-0.25, -0.2) is 0 Å². The molecule has 0 bridgehead atoms. The predicted molar refractivity (Wildman–Crippen MR) is 52.0 cm³/mol. The van der Waals surface area contributed by atoms with Crippen LogP contribution in [-0.2, 0) is 11.2 Å². The maximum atomic E-state index is 10.7. The largest absolute Gasteiger partial charge is 0.368 e. The minimum atomic E-state index is -0.664. The molecule has 1 aromatic rings. The van der Waals surface area contributed by atoms with Gasteiger partial charge < -0.3 is 11.5 Å². The number of hydrogen-bond acceptors (Lipinski definition) is 3. The Bertz CT molecular complexity index is 364. The Hall–Kier alpha value is -1.86. The van der Waals surface area contributed by atoms with E-state index in [0.717, 1.165) is 5.56 Å². The van der Waals surface area contributed by atoms with Gasteiger partial charge in [-0.1, -0.05) is 12.1 Å². The van der Waals surface area contributed by atoms with Crippen molar-refractivity contribution in [1.29, 1.82) is 5.26 Å². The van der Waals surface area contributed by atoms with Gasteiger partial charge in [-0.2, -0.15) is 5.26 Å². The lowest BCUT2D eigenvalue weighted by Crippen LogP contribution is -2.38. The molecule has 0 spiro atoms. The zero-order chi connectivity index (χ0) is 10.6. The van der Waals surface area contributed by atoms with Crippen LogP contribution in [0.2, 0.25) is 0 Å². The number of carbonyl (C=O) groups is 1. The first-order chi connectivity index (χ1) is 6.63. The van der Waals surface area contributed by atoms with E-state index in [0.29, 0.717) is 12.0 Å². The van der Waals surface area contributed by atoms with Crippen LogP contribution in [0.5, 0.6) is 0 Å². The van der Waals surface area contributed by atoms with Crippen LogP contribution in [-0.4, -0.2) is 11.9 Å². The maximum Gasteiger partial charge on any atom is 0.234 e. The predicted octanol–water partition coefficient (Wildman–Crippen LogP) is -0.0866. The fourth-order valence-electron chi connectivity index (χ4n) is 1.07. The van der Waals surface area contributed by atoms with E-state index >= 15 is 0 Å². The third-order valence-corrected chi connectivity index (χ3v) is 1.90. The molecule has 72 valence electrons. The van der Waals surface area contributed by atoms with Gasteiger partial charge in [0.1, 0.15) is 0 Å². The highest BCUT2D eigenvalue weighted by atomic mass is 16.1. The zero-order valence-corrected chi connectivity index (χ0v) is 7.60. The zero-order valence-electron chi connectivity index (χ0n) is 7.60. The molecule has 0 aromatic heterocycles. The quantitative estimate of drug-likeness (QED) is 0.696. The van der Waals surface area contributed by atoms with Crippen molar-refractivity contribution < 1.29 is 4.79 Å². The Balaban J connectivity index is 2.70. The van der Waals surface area contributed by atoms with E-state index in [1.54, 1.807) is 24.3 Å². The standard InChI is InChI=1S/C10H11N3O/c11-6-8-3-1-7(2-4-8)5-9(12)10(13)14/h1-4,9H,5,12H2,(H2,13,14)/t9-/m0/s1. The summed E-state index contributed by atoms with van der Waals surface area (Å²) in [6.07, 6.45) is 0.404. The van der Waals surface area contributed by atoms with Gasteiger partial charge in [0.05, 0.1) is 17.7 Å². The van der Waals surface area contributed by atoms with E-state index in [1.165, 1.54) is 0 Å². The smallest absolute Gasteiger partial charge is 0.234 e. The molecule has 0 aliphatic rings. The lowest BCUT2D eigenvalue weighted by molar-refractivity contribution is -0.119. The van der Waals surface area contributed by atoms with E-state index in [-0.39, 0.29) is 0 Å². The fraction of sp³-hybridized carbons (Fsp3) is 0.200. The van der Waals surface area contributed by atoms with Crippen molar-refractivity contribution in [2.45, 2.75) is 12.5 Å². The van der Waals surface area contributed by atoms with Crippen LogP contribution in [0.4, 0.5) is 0 Å². The number of benzene rings is 1. The number of nitriles is 1. The molecule has 0 saturated heterocycles. The summed E-state index contributed by atoms with van der Waals surface area (Å²) in [4.78, 5) is 10.7. The van der Waals surface area contributed by atoms with Crippen LogP contribution in [0.15, 0.2) is 24.3 Å². The second-order valence-corrected chi connectivity index (χ2v) is 3.02. The molecular formula is C10H11N3O. The molecule has 4 N–H and O–H groups in total. The summed E-state index contributed by atoms with van der Waals surface area (Å²) in [6, 6.07) is 8.24. The van der Waals surface area contributed by atoms with Crippen LogP contribution in [0.3, 0.4) is 0 Å². The first-order valence-corrected chi connectivity index (χ1v) is 4.17. The van der Waals surface area contributed by atoms with Gasteiger partial charge in [0.25, 0.3) is 0 Å². The number of carbonyl (C=O) groups excluding carboxylic acids is 1. The monoisotopic (exact) mass is 189 g/mol. The normalized spacial score (nSPS) is 11.7. The Morgan fingerprint density at radius 3 is 2.43 bits per heavy atom. The van der Waals surface area contributed by atoms with Crippen LogP contribution < -0.4 is 11.5 Å². The van der Waals surface area contributed by atoms with Crippen molar-refractivity contribution in [2.75, 3.05) is 0 Å². The molecule has 0 radical (unpaired) electrons. The van der Waals surface area contributed by atoms with Crippen molar-refractivity contribution >= 4 is 5.91 Å². The summed E-state index contributed by atoms with van der Waals surface area (Å²) in [5, 5.41) is 8.55. The second kappa shape index (κ2) is 4.40. The third kappa shape index (κ3) is 2.57. The van der Waals surface area contributed by atoms with Crippen molar-refractivity contribution in [1.82, 2.24) is 0 Å². The summed E-state index contributed by atoms with van der Waals surface area (Å²) in [5.74, 6) is -0.519. The van der Waals surface area contributed by atoms with Crippen molar-refractivity contribution in [3.8, 4) is 6.07 Å². The summed E-state index contributed by atoms with van der Waals surface area (Å²) >= 11 is 0. The molecule has 1 aromatic carbocycles. The average Bonchev–Trinajstić information content (AvgIpc) is 2.19. The van der Waals surface area contributed by atoms with Gasteiger partial charge in [-0.05, 0) is 24.1 Å². The van der Waals surface area contributed by atoms with Gasteiger partial charge >= 0.3 is 0 Å². The second-order valence-electron chi connectivity index (χ2n) is 3.02. The average molecular weight is 189 g/mol. The SMILES string of the molecule is N#Cc1ccc(C[C@H](N)C(N)=O)cc1. The molecule has 0 aliphatic carbocycles. The van der Waals surface area contributed by atoms with Crippen LogP contribution >= 0.6 is 0 Å². The lowest BCUT2D eigenvalue weighted by Gasteiger charge is -2.06. The molecular weight excluding hydrogens is 178 g/mol. The topological polar surface area (TPSA) is 92.9 Å². The lowest BCUT2D eigenvalue weighted by atomic mass is 10.0. The van der Waals surface area contributed by atoms with Gasteiger partial charge in [0.2, 0.25) is 5.91 Å². The molecule has 1 amide bonds. The highest BCUT2D eigenvalue weighted by Crippen LogP contribution is 2.05. The Morgan fingerprint density at radius 1 is 1.43 bits per heavy atom. The number of nitrogens with zero attached hydrogens (tertiary/aromatic N) is 1. The number of amides is 1. The van der Waals surface area contributed by atoms with E-state index in [2.05, 4.69) is 0 Å². The summed E-state index contributed by atoms with van der Waals surface area (Å²) < 4.78 is 0. The number of hydrogen-bond donors (Lipinski definition) is 2. The molecule has 0 fully saturated rings.